The maximum Gasteiger partial charge on any atom is 0.255 e. The van der Waals surface area contributed by atoms with E-state index in [-0.39, 0.29) is 16.6 Å². The average molecular weight is 314 g/mol. The van der Waals surface area contributed by atoms with E-state index < -0.39 is 17.5 Å². The van der Waals surface area contributed by atoms with Crippen LogP contribution in [0.2, 0.25) is 0 Å². The normalized spacial score (nSPS) is 10.6. The molecular formula is C17H12F2N2O2. The van der Waals surface area contributed by atoms with Crippen LogP contribution in [-0.2, 0) is 0 Å². The van der Waals surface area contributed by atoms with Crippen molar-refractivity contribution in [1.82, 2.24) is 4.98 Å². The largest absolute Gasteiger partial charge is 0.497 e. The van der Waals surface area contributed by atoms with Crippen molar-refractivity contribution in [2.45, 2.75) is 0 Å². The molecule has 0 aliphatic heterocycles. The summed E-state index contributed by atoms with van der Waals surface area (Å²) in [5, 5.41) is 2.84. The number of ether oxygens (including phenoxy) is 1. The van der Waals surface area contributed by atoms with Crippen LogP contribution in [0.25, 0.3) is 10.9 Å². The Morgan fingerprint density at radius 1 is 1.13 bits per heavy atom. The number of nitrogens with one attached hydrogen (secondary N) is 1. The Morgan fingerprint density at radius 3 is 2.57 bits per heavy atom. The van der Waals surface area contributed by atoms with Crippen molar-refractivity contribution in [2.24, 2.45) is 0 Å². The molecule has 6 heteroatoms. The molecule has 23 heavy (non-hydrogen) atoms. The van der Waals surface area contributed by atoms with Gasteiger partial charge in [0.15, 0.2) is 5.82 Å². The zero-order valence-corrected chi connectivity index (χ0v) is 12.1. The van der Waals surface area contributed by atoms with E-state index in [9.17, 15) is 13.6 Å². The van der Waals surface area contributed by atoms with Gasteiger partial charge in [0, 0.05) is 23.2 Å². The fraction of sp³-hybridized carbons (Fsp3) is 0.0588. The van der Waals surface area contributed by atoms with E-state index in [0.717, 1.165) is 12.1 Å². The number of halogens is 2. The molecule has 0 saturated carbocycles. The molecule has 1 amide bonds. The smallest absolute Gasteiger partial charge is 0.255 e. The van der Waals surface area contributed by atoms with E-state index in [4.69, 9.17) is 4.74 Å². The molecule has 0 radical (unpaired) electrons. The summed E-state index contributed by atoms with van der Waals surface area (Å²) in [6.07, 6.45) is 1.35. The van der Waals surface area contributed by atoms with Crippen LogP contribution < -0.4 is 10.1 Å². The van der Waals surface area contributed by atoms with E-state index in [0.29, 0.717) is 11.3 Å². The Balaban J connectivity index is 1.96. The number of fused-ring (bicyclic) bond motifs is 1. The van der Waals surface area contributed by atoms with Crippen LogP contribution in [0.4, 0.5) is 14.5 Å². The summed E-state index contributed by atoms with van der Waals surface area (Å²) >= 11 is 0. The fourth-order valence-corrected chi connectivity index (χ4v) is 2.22. The molecule has 4 nitrogen and oxygen atoms in total. The lowest BCUT2D eigenvalue weighted by Crippen LogP contribution is -2.12. The maximum absolute atomic E-state index is 13.7. The first-order valence-corrected chi connectivity index (χ1v) is 6.77. The van der Waals surface area contributed by atoms with Crippen molar-refractivity contribution < 1.29 is 18.3 Å². The van der Waals surface area contributed by atoms with Crippen LogP contribution in [-0.4, -0.2) is 18.0 Å². The first-order valence-electron chi connectivity index (χ1n) is 6.77. The average Bonchev–Trinajstić information content (AvgIpc) is 2.55. The number of hydrogen-bond donors (Lipinski definition) is 1. The summed E-state index contributed by atoms with van der Waals surface area (Å²) in [4.78, 5) is 16.1. The monoisotopic (exact) mass is 314 g/mol. The summed E-state index contributed by atoms with van der Waals surface area (Å²) < 4.78 is 32.2. The molecule has 2 aromatic carbocycles. The minimum Gasteiger partial charge on any atom is -0.497 e. The van der Waals surface area contributed by atoms with Crippen LogP contribution in [0.5, 0.6) is 5.75 Å². The Hall–Kier alpha value is -3.02. The summed E-state index contributed by atoms with van der Waals surface area (Å²) in [5.74, 6) is -1.28. The zero-order chi connectivity index (χ0) is 16.4. The van der Waals surface area contributed by atoms with Crippen molar-refractivity contribution in [2.75, 3.05) is 12.4 Å². The molecule has 3 aromatic rings. The Kier molecular flexibility index (Phi) is 3.89. The second-order valence-corrected chi connectivity index (χ2v) is 4.82. The topological polar surface area (TPSA) is 51.2 Å². The molecular weight excluding hydrogens is 302 g/mol. The van der Waals surface area contributed by atoms with Gasteiger partial charge in [-0.25, -0.2) is 8.78 Å². The molecule has 0 aliphatic rings. The number of anilines is 1. The highest BCUT2D eigenvalue weighted by molar-refractivity contribution is 6.08. The van der Waals surface area contributed by atoms with Crippen molar-refractivity contribution in [3.8, 4) is 5.75 Å². The van der Waals surface area contributed by atoms with Crippen LogP contribution in [0.3, 0.4) is 0 Å². The predicted molar refractivity (Wildman–Crippen MR) is 82.6 cm³/mol. The van der Waals surface area contributed by atoms with Gasteiger partial charge >= 0.3 is 0 Å². The summed E-state index contributed by atoms with van der Waals surface area (Å²) in [5.41, 5.74) is 0.681. The number of carbonyl (C=O) groups excluding carboxylic acids is 1. The van der Waals surface area contributed by atoms with Gasteiger partial charge in [-0.1, -0.05) is 0 Å². The SMILES string of the molecule is COc1ccc(C(=O)Nc2ccnc3c(F)cc(F)cc23)cc1. The van der Waals surface area contributed by atoms with Gasteiger partial charge in [0.2, 0.25) is 0 Å². The molecule has 0 fully saturated rings. The minimum absolute atomic E-state index is 0.000990. The predicted octanol–water partition coefficient (Wildman–Crippen LogP) is 3.77. The van der Waals surface area contributed by atoms with Gasteiger partial charge in [-0.2, -0.15) is 0 Å². The molecule has 116 valence electrons. The van der Waals surface area contributed by atoms with Gasteiger partial charge in [-0.3, -0.25) is 9.78 Å². The van der Waals surface area contributed by atoms with Gasteiger partial charge in [0.05, 0.1) is 12.8 Å². The van der Waals surface area contributed by atoms with Crippen LogP contribution in [0.1, 0.15) is 10.4 Å². The molecule has 0 bridgehead atoms. The quantitative estimate of drug-likeness (QED) is 0.800. The van der Waals surface area contributed by atoms with Gasteiger partial charge in [-0.15, -0.1) is 0 Å². The van der Waals surface area contributed by atoms with Crippen molar-refractivity contribution >= 4 is 22.5 Å². The van der Waals surface area contributed by atoms with E-state index in [1.807, 2.05) is 0 Å². The molecule has 1 aromatic heterocycles. The van der Waals surface area contributed by atoms with Crippen molar-refractivity contribution in [3.63, 3.8) is 0 Å². The standard InChI is InChI=1S/C17H12F2N2O2/c1-23-12-4-2-10(3-5-12)17(22)21-15-6-7-20-16-13(15)8-11(18)9-14(16)19/h2-9H,1H3,(H,20,21,22). The molecule has 0 unspecified atom stereocenters. The third-order valence-corrected chi connectivity index (χ3v) is 3.36. The second-order valence-electron chi connectivity index (χ2n) is 4.82. The maximum atomic E-state index is 13.7. The highest BCUT2D eigenvalue weighted by Gasteiger charge is 2.12. The third kappa shape index (κ3) is 2.96. The van der Waals surface area contributed by atoms with Crippen LogP contribution in [0, 0.1) is 11.6 Å². The third-order valence-electron chi connectivity index (χ3n) is 3.36. The summed E-state index contributed by atoms with van der Waals surface area (Å²) in [6, 6.07) is 9.87. The van der Waals surface area contributed by atoms with Gasteiger partial charge in [0.25, 0.3) is 5.91 Å². The van der Waals surface area contributed by atoms with E-state index >= 15 is 0 Å². The summed E-state index contributed by atoms with van der Waals surface area (Å²) in [6.45, 7) is 0. The Morgan fingerprint density at radius 2 is 1.87 bits per heavy atom. The lowest BCUT2D eigenvalue weighted by molar-refractivity contribution is 0.102. The van der Waals surface area contributed by atoms with Crippen LogP contribution in [0.15, 0.2) is 48.7 Å². The van der Waals surface area contributed by atoms with Gasteiger partial charge in [0.1, 0.15) is 17.1 Å². The number of hydrogen-bond acceptors (Lipinski definition) is 3. The number of aromatic nitrogens is 1. The fourth-order valence-electron chi connectivity index (χ4n) is 2.22. The zero-order valence-electron chi connectivity index (χ0n) is 12.1. The lowest BCUT2D eigenvalue weighted by Gasteiger charge is -2.09. The number of methoxy groups -OCH3 is 1. The number of nitrogens with zero attached hydrogens (tertiary/aromatic N) is 1. The Bertz CT molecular complexity index is 880. The van der Waals surface area contributed by atoms with E-state index in [1.54, 1.807) is 24.3 Å². The number of amides is 1. The number of rotatable bonds is 3. The molecule has 1 N–H and O–H groups in total. The molecule has 0 saturated heterocycles. The van der Waals surface area contributed by atoms with Crippen molar-refractivity contribution in [3.05, 3.63) is 65.9 Å². The van der Waals surface area contributed by atoms with Gasteiger partial charge in [-0.05, 0) is 36.4 Å². The first-order chi connectivity index (χ1) is 11.1. The van der Waals surface area contributed by atoms with E-state index in [2.05, 4.69) is 10.3 Å². The molecule has 1 heterocycles. The number of carbonyl (C=O) groups is 1. The first kappa shape index (κ1) is 14.9. The summed E-state index contributed by atoms with van der Waals surface area (Å²) in [7, 11) is 1.53. The lowest BCUT2D eigenvalue weighted by atomic mass is 10.1. The number of pyridine rings is 1. The van der Waals surface area contributed by atoms with Gasteiger partial charge < -0.3 is 10.1 Å². The molecule has 0 atom stereocenters. The molecule has 0 aliphatic carbocycles. The Labute approximate surface area is 130 Å². The van der Waals surface area contributed by atoms with Crippen LogP contribution >= 0.6 is 0 Å². The van der Waals surface area contributed by atoms with E-state index in [1.165, 1.54) is 19.4 Å². The van der Waals surface area contributed by atoms with Crippen molar-refractivity contribution in [1.29, 1.82) is 0 Å². The molecule has 3 rings (SSSR count). The highest BCUT2D eigenvalue weighted by Crippen LogP contribution is 2.25. The minimum atomic E-state index is -0.777. The molecule has 0 spiro atoms. The number of benzene rings is 2. The highest BCUT2D eigenvalue weighted by atomic mass is 19.1. The second kappa shape index (κ2) is 6.00.